The average molecular weight is 516 g/mol. The molecule has 1 aliphatic rings. The number of aliphatic imine (C=N–C) groups is 1. The fourth-order valence-electron chi connectivity index (χ4n) is 2.94. The molecule has 29 heavy (non-hydrogen) atoms. The van der Waals surface area contributed by atoms with E-state index in [-0.39, 0.29) is 30.1 Å². The third kappa shape index (κ3) is 6.20. The summed E-state index contributed by atoms with van der Waals surface area (Å²) in [5, 5.41) is 14.9. The highest BCUT2D eigenvalue weighted by Crippen LogP contribution is 2.29. The van der Waals surface area contributed by atoms with E-state index in [1.54, 1.807) is 14.2 Å². The summed E-state index contributed by atoms with van der Waals surface area (Å²) in [5.74, 6) is 3.61. The Morgan fingerprint density at radius 3 is 2.69 bits per heavy atom. The molecule has 160 valence electrons. The maximum atomic E-state index is 5.70. The van der Waals surface area contributed by atoms with E-state index in [1.807, 2.05) is 36.7 Å². The van der Waals surface area contributed by atoms with Crippen molar-refractivity contribution in [3.05, 3.63) is 29.8 Å². The van der Waals surface area contributed by atoms with Gasteiger partial charge in [-0.3, -0.25) is 0 Å². The topological polar surface area (TPSA) is 94.8 Å². The van der Waals surface area contributed by atoms with E-state index in [2.05, 4.69) is 25.8 Å². The minimum Gasteiger partial charge on any atom is -0.493 e. The molecule has 1 unspecified atom stereocenters. The minimum atomic E-state index is 0. The van der Waals surface area contributed by atoms with Gasteiger partial charge in [0.05, 0.1) is 20.3 Å². The van der Waals surface area contributed by atoms with Crippen molar-refractivity contribution in [1.82, 2.24) is 20.1 Å². The summed E-state index contributed by atoms with van der Waals surface area (Å²) in [6.07, 6.45) is 2.36. The molecular weight excluding hydrogens is 487 g/mol. The largest absolute Gasteiger partial charge is 0.493 e. The Hall–Kier alpha value is -2.08. The van der Waals surface area contributed by atoms with Gasteiger partial charge in [-0.25, -0.2) is 4.99 Å². The van der Waals surface area contributed by atoms with Gasteiger partial charge in [0, 0.05) is 32.0 Å². The standard InChI is InChI=1S/C19H28N6O3.HI/c1-13-23-24-18(25(13)2)12-21-19(20-11-15-6-5-9-28-15)22-14-7-8-16(26-3)17(10-14)27-4;/h7-8,10,15H,5-6,9,11-12H2,1-4H3,(H2,20,21,22);1H. The van der Waals surface area contributed by atoms with Crippen molar-refractivity contribution in [3.8, 4) is 11.5 Å². The van der Waals surface area contributed by atoms with Crippen LogP contribution in [0.3, 0.4) is 0 Å². The molecule has 10 heteroatoms. The molecule has 0 bridgehead atoms. The number of anilines is 1. The van der Waals surface area contributed by atoms with Crippen molar-refractivity contribution in [2.75, 3.05) is 32.7 Å². The van der Waals surface area contributed by atoms with Gasteiger partial charge in [-0.2, -0.15) is 0 Å². The minimum absolute atomic E-state index is 0. The predicted octanol–water partition coefficient (Wildman–Crippen LogP) is 2.50. The zero-order valence-corrected chi connectivity index (χ0v) is 19.6. The van der Waals surface area contributed by atoms with Gasteiger partial charge in [-0.05, 0) is 31.9 Å². The van der Waals surface area contributed by atoms with E-state index in [1.165, 1.54) is 0 Å². The molecular formula is C19H29IN6O3. The number of halogens is 1. The Kier molecular flexibility index (Phi) is 8.96. The quantitative estimate of drug-likeness (QED) is 0.332. The Morgan fingerprint density at radius 1 is 1.28 bits per heavy atom. The molecule has 0 spiro atoms. The van der Waals surface area contributed by atoms with Crippen LogP contribution in [-0.2, 0) is 18.3 Å². The Labute approximate surface area is 188 Å². The molecule has 1 aromatic heterocycles. The maximum absolute atomic E-state index is 5.70. The molecule has 0 amide bonds. The van der Waals surface area contributed by atoms with E-state index in [0.29, 0.717) is 30.5 Å². The van der Waals surface area contributed by atoms with Crippen molar-refractivity contribution in [3.63, 3.8) is 0 Å². The number of rotatable bonds is 7. The highest BCUT2D eigenvalue weighted by Gasteiger charge is 2.16. The van der Waals surface area contributed by atoms with Crippen LogP contribution in [0.15, 0.2) is 23.2 Å². The first kappa shape index (κ1) is 23.2. The van der Waals surface area contributed by atoms with E-state index in [0.717, 1.165) is 36.8 Å². The number of hydrogen-bond donors (Lipinski definition) is 2. The zero-order chi connectivity index (χ0) is 19.9. The van der Waals surface area contributed by atoms with Crippen molar-refractivity contribution in [2.24, 2.45) is 12.0 Å². The van der Waals surface area contributed by atoms with Crippen molar-refractivity contribution in [1.29, 1.82) is 0 Å². The summed E-state index contributed by atoms with van der Waals surface area (Å²) in [4.78, 5) is 4.67. The lowest BCUT2D eigenvalue weighted by molar-refractivity contribution is 0.114. The van der Waals surface area contributed by atoms with E-state index in [4.69, 9.17) is 14.2 Å². The molecule has 3 rings (SSSR count). The van der Waals surface area contributed by atoms with Crippen LogP contribution >= 0.6 is 24.0 Å². The van der Waals surface area contributed by atoms with Crippen molar-refractivity contribution in [2.45, 2.75) is 32.4 Å². The second-order valence-corrected chi connectivity index (χ2v) is 6.60. The summed E-state index contributed by atoms with van der Waals surface area (Å²) < 4.78 is 18.3. The number of benzene rings is 1. The van der Waals surface area contributed by atoms with Crippen LogP contribution in [0, 0.1) is 6.92 Å². The normalized spacial score (nSPS) is 16.3. The molecule has 2 heterocycles. The lowest BCUT2D eigenvalue weighted by Crippen LogP contribution is -2.36. The first-order chi connectivity index (χ1) is 13.6. The van der Waals surface area contributed by atoms with Gasteiger partial charge in [0.2, 0.25) is 0 Å². The third-order valence-corrected chi connectivity index (χ3v) is 4.73. The van der Waals surface area contributed by atoms with Gasteiger partial charge >= 0.3 is 0 Å². The third-order valence-electron chi connectivity index (χ3n) is 4.73. The van der Waals surface area contributed by atoms with Gasteiger partial charge in [0.25, 0.3) is 0 Å². The van der Waals surface area contributed by atoms with E-state index < -0.39 is 0 Å². The van der Waals surface area contributed by atoms with Crippen LogP contribution in [0.2, 0.25) is 0 Å². The van der Waals surface area contributed by atoms with E-state index in [9.17, 15) is 0 Å². The van der Waals surface area contributed by atoms with Gasteiger partial charge in [-0.15, -0.1) is 34.2 Å². The predicted molar refractivity (Wildman–Crippen MR) is 122 cm³/mol. The molecule has 1 aromatic carbocycles. The highest BCUT2D eigenvalue weighted by atomic mass is 127. The van der Waals surface area contributed by atoms with Crippen LogP contribution in [0.4, 0.5) is 5.69 Å². The molecule has 0 radical (unpaired) electrons. The highest BCUT2D eigenvalue weighted by molar-refractivity contribution is 14.0. The number of aromatic nitrogens is 3. The van der Waals surface area contributed by atoms with Crippen LogP contribution in [0.5, 0.6) is 11.5 Å². The van der Waals surface area contributed by atoms with Gasteiger partial charge in [0.15, 0.2) is 23.3 Å². The lowest BCUT2D eigenvalue weighted by atomic mass is 10.2. The fourth-order valence-corrected chi connectivity index (χ4v) is 2.94. The Bertz CT molecular complexity index is 820. The second-order valence-electron chi connectivity index (χ2n) is 6.60. The molecule has 1 aliphatic heterocycles. The SMILES string of the molecule is COc1ccc(NC(=NCc2nnc(C)n2C)NCC2CCCO2)cc1OC.I. The number of nitrogens with one attached hydrogen (secondary N) is 2. The number of guanidine groups is 1. The summed E-state index contributed by atoms with van der Waals surface area (Å²) in [5.41, 5.74) is 0.838. The van der Waals surface area contributed by atoms with Crippen LogP contribution in [0.25, 0.3) is 0 Å². The molecule has 2 aromatic rings. The molecule has 1 atom stereocenters. The first-order valence-electron chi connectivity index (χ1n) is 9.34. The van der Waals surface area contributed by atoms with Crippen LogP contribution < -0.4 is 20.1 Å². The first-order valence-corrected chi connectivity index (χ1v) is 9.34. The summed E-state index contributed by atoms with van der Waals surface area (Å²) in [6, 6.07) is 5.64. The number of aryl methyl sites for hydroxylation is 1. The zero-order valence-electron chi connectivity index (χ0n) is 17.3. The number of nitrogens with zero attached hydrogens (tertiary/aromatic N) is 4. The second kappa shape index (κ2) is 11.2. The fraction of sp³-hybridized carbons (Fsp3) is 0.526. The lowest BCUT2D eigenvalue weighted by Gasteiger charge is -2.16. The molecule has 2 N–H and O–H groups in total. The van der Waals surface area contributed by atoms with Crippen molar-refractivity contribution < 1.29 is 14.2 Å². The van der Waals surface area contributed by atoms with Gasteiger partial charge < -0.3 is 29.4 Å². The Morgan fingerprint density at radius 2 is 2.07 bits per heavy atom. The number of methoxy groups -OCH3 is 2. The number of ether oxygens (including phenoxy) is 3. The summed E-state index contributed by atoms with van der Waals surface area (Å²) in [6.45, 7) is 3.83. The van der Waals surface area contributed by atoms with Gasteiger partial charge in [-0.1, -0.05) is 0 Å². The molecule has 0 aliphatic carbocycles. The monoisotopic (exact) mass is 516 g/mol. The summed E-state index contributed by atoms with van der Waals surface area (Å²) >= 11 is 0. The average Bonchev–Trinajstić information content (AvgIpc) is 3.34. The van der Waals surface area contributed by atoms with Crippen LogP contribution in [0.1, 0.15) is 24.5 Å². The molecule has 1 fully saturated rings. The smallest absolute Gasteiger partial charge is 0.196 e. The van der Waals surface area contributed by atoms with Crippen LogP contribution in [-0.4, -0.2) is 54.2 Å². The van der Waals surface area contributed by atoms with Gasteiger partial charge in [0.1, 0.15) is 12.4 Å². The van der Waals surface area contributed by atoms with Crippen molar-refractivity contribution >= 4 is 35.6 Å². The van der Waals surface area contributed by atoms with E-state index >= 15 is 0 Å². The molecule has 0 saturated carbocycles. The molecule has 1 saturated heterocycles. The number of hydrogen-bond acceptors (Lipinski definition) is 6. The summed E-state index contributed by atoms with van der Waals surface area (Å²) in [7, 11) is 5.16. The maximum Gasteiger partial charge on any atom is 0.196 e. The Balaban J connectivity index is 0.00000300. The molecule has 9 nitrogen and oxygen atoms in total.